The monoisotopic (exact) mass is 509 g/mol. The van der Waals surface area contributed by atoms with Crippen molar-refractivity contribution >= 4 is 65.3 Å². The summed E-state index contributed by atoms with van der Waals surface area (Å²) in [5.41, 5.74) is 7.85. The first-order valence-electron chi connectivity index (χ1n) is 13.7. The van der Waals surface area contributed by atoms with Crippen LogP contribution in [0.1, 0.15) is 0 Å². The molecular formula is C38H23NO. The van der Waals surface area contributed by atoms with E-state index in [1.165, 1.54) is 54.5 Å². The van der Waals surface area contributed by atoms with Crippen molar-refractivity contribution in [3.63, 3.8) is 0 Å². The Morgan fingerprint density at radius 2 is 1.05 bits per heavy atom. The topological polar surface area (TPSA) is 18.1 Å². The summed E-state index contributed by atoms with van der Waals surface area (Å²) in [6, 6.07) is 50.1. The van der Waals surface area contributed by atoms with Gasteiger partial charge in [0.15, 0.2) is 0 Å². The number of furan rings is 1. The van der Waals surface area contributed by atoms with E-state index in [1.54, 1.807) is 0 Å². The number of nitrogens with zero attached hydrogens (tertiary/aromatic N) is 1. The lowest BCUT2D eigenvalue weighted by Crippen LogP contribution is -1.94. The maximum absolute atomic E-state index is 6.26. The molecule has 0 spiro atoms. The third-order valence-corrected chi connectivity index (χ3v) is 8.35. The van der Waals surface area contributed by atoms with Crippen molar-refractivity contribution < 1.29 is 4.42 Å². The first kappa shape index (κ1) is 21.6. The van der Waals surface area contributed by atoms with Gasteiger partial charge in [0, 0.05) is 16.2 Å². The zero-order valence-electron chi connectivity index (χ0n) is 21.6. The lowest BCUT2D eigenvalue weighted by molar-refractivity contribution is 0.669. The highest BCUT2D eigenvalue weighted by Crippen LogP contribution is 2.42. The van der Waals surface area contributed by atoms with Crippen LogP contribution in [0.4, 0.5) is 0 Å². The van der Waals surface area contributed by atoms with E-state index >= 15 is 0 Å². The number of hydrogen-bond donors (Lipinski definition) is 0. The van der Waals surface area contributed by atoms with E-state index in [4.69, 9.17) is 4.42 Å². The van der Waals surface area contributed by atoms with Crippen LogP contribution < -0.4 is 0 Å². The Hall–Kier alpha value is -5.34. The Kier molecular flexibility index (Phi) is 4.36. The van der Waals surface area contributed by atoms with E-state index in [2.05, 4.69) is 132 Å². The predicted octanol–water partition coefficient (Wildman–Crippen LogP) is 10.7. The fraction of sp³-hybridized carbons (Fsp3) is 0. The van der Waals surface area contributed by atoms with Crippen LogP contribution in [0.3, 0.4) is 0 Å². The average molecular weight is 510 g/mol. The standard InChI is InChI=1S/C38H23NO/c1-3-12-27-24(10-1)22-25-11-2-4-13-28(25)37(27)26-20-21-33-31(23-26)29-14-5-7-16-32(29)39(33)34-17-9-19-36-38(34)30-15-6-8-18-35(30)40-36/h1-23H. The Balaban J connectivity index is 1.40. The van der Waals surface area contributed by atoms with Crippen molar-refractivity contribution in [3.05, 3.63) is 140 Å². The normalized spacial score (nSPS) is 12.0. The van der Waals surface area contributed by atoms with Crippen molar-refractivity contribution in [2.24, 2.45) is 0 Å². The van der Waals surface area contributed by atoms with Gasteiger partial charge in [0.05, 0.1) is 22.1 Å². The van der Waals surface area contributed by atoms with Crippen molar-refractivity contribution in [3.8, 4) is 16.8 Å². The number of aromatic nitrogens is 1. The SMILES string of the molecule is c1ccc2c(-c3ccc4c(c3)c3ccccc3n4-c3cccc4oc5ccccc5c34)c3ccccc3cc2c1. The summed E-state index contributed by atoms with van der Waals surface area (Å²) in [6.07, 6.45) is 0. The van der Waals surface area contributed by atoms with Crippen LogP contribution in [-0.2, 0) is 0 Å². The van der Waals surface area contributed by atoms with Crippen molar-refractivity contribution in [1.82, 2.24) is 4.57 Å². The van der Waals surface area contributed by atoms with Crippen LogP contribution in [0.2, 0.25) is 0 Å². The fourth-order valence-electron chi connectivity index (χ4n) is 6.65. The first-order valence-corrected chi connectivity index (χ1v) is 13.7. The van der Waals surface area contributed by atoms with Gasteiger partial charge in [-0.05, 0) is 75.1 Å². The number of hydrogen-bond acceptors (Lipinski definition) is 1. The highest BCUT2D eigenvalue weighted by molar-refractivity contribution is 6.17. The molecule has 0 bridgehead atoms. The van der Waals surface area contributed by atoms with Gasteiger partial charge in [0.2, 0.25) is 0 Å². The predicted molar refractivity (Wildman–Crippen MR) is 169 cm³/mol. The lowest BCUT2D eigenvalue weighted by atomic mass is 9.91. The molecule has 7 aromatic carbocycles. The molecule has 2 heterocycles. The highest BCUT2D eigenvalue weighted by Gasteiger charge is 2.18. The zero-order chi connectivity index (χ0) is 26.2. The van der Waals surface area contributed by atoms with E-state index in [9.17, 15) is 0 Å². The molecule has 0 N–H and O–H groups in total. The Bertz CT molecular complexity index is 2390. The Morgan fingerprint density at radius 1 is 0.425 bits per heavy atom. The van der Waals surface area contributed by atoms with Gasteiger partial charge >= 0.3 is 0 Å². The molecule has 2 nitrogen and oxygen atoms in total. The molecule has 0 aliphatic carbocycles. The summed E-state index contributed by atoms with van der Waals surface area (Å²) in [5, 5.41) is 9.85. The van der Waals surface area contributed by atoms with Crippen LogP contribution in [0, 0.1) is 0 Å². The molecule has 2 aromatic heterocycles. The van der Waals surface area contributed by atoms with E-state index in [-0.39, 0.29) is 0 Å². The summed E-state index contributed by atoms with van der Waals surface area (Å²) in [6.45, 7) is 0. The van der Waals surface area contributed by atoms with Gasteiger partial charge in [-0.2, -0.15) is 0 Å². The number of para-hydroxylation sites is 2. The van der Waals surface area contributed by atoms with Crippen molar-refractivity contribution in [2.45, 2.75) is 0 Å². The molecule has 2 heteroatoms. The van der Waals surface area contributed by atoms with E-state index in [0.29, 0.717) is 0 Å². The van der Waals surface area contributed by atoms with Gasteiger partial charge in [-0.25, -0.2) is 0 Å². The summed E-state index contributed by atoms with van der Waals surface area (Å²) >= 11 is 0. The van der Waals surface area contributed by atoms with E-state index < -0.39 is 0 Å². The highest BCUT2D eigenvalue weighted by atomic mass is 16.3. The number of benzene rings is 7. The summed E-state index contributed by atoms with van der Waals surface area (Å²) in [7, 11) is 0. The molecule has 0 aliphatic heterocycles. The van der Waals surface area contributed by atoms with E-state index in [0.717, 1.165) is 27.6 Å². The quantitative estimate of drug-likeness (QED) is 0.212. The first-order chi connectivity index (χ1) is 19.8. The third-order valence-electron chi connectivity index (χ3n) is 8.35. The minimum Gasteiger partial charge on any atom is -0.456 e. The molecule has 0 radical (unpaired) electrons. The molecule has 0 saturated carbocycles. The minimum atomic E-state index is 0.906. The third kappa shape index (κ3) is 2.93. The van der Waals surface area contributed by atoms with Crippen LogP contribution >= 0.6 is 0 Å². The maximum atomic E-state index is 6.26. The molecule has 186 valence electrons. The molecule has 0 amide bonds. The largest absolute Gasteiger partial charge is 0.456 e. The van der Waals surface area contributed by atoms with Crippen molar-refractivity contribution in [1.29, 1.82) is 0 Å². The van der Waals surface area contributed by atoms with Crippen LogP contribution in [0.5, 0.6) is 0 Å². The minimum absolute atomic E-state index is 0.906. The van der Waals surface area contributed by atoms with Gasteiger partial charge in [-0.15, -0.1) is 0 Å². The second-order valence-electron chi connectivity index (χ2n) is 10.5. The van der Waals surface area contributed by atoms with Crippen LogP contribution in [0.15, 0.2) is 144 Å². The molecule has 0 aliphatic rings. The van der Waals surface area contributed by atoms with Gasteiger partial charge in [-0.1, -0.05) is 97.1 Å². The Morgan fingerprint density at radius 3 is 1.85 bits per heavy atom. The molecular weight excluding hydrogens is 486 g/mol. The molecule has 9 rings (SSSR count). The van der Waals surface area contributed by atoms with Gasteiger partial charge < -0.3 is 8.98 Å². The molecule has 0 unspecified atom stereocenters. The van der Waals surface area contributed by atoms with Gasteiger partial charge in [0.1, 0.15) is 11.2 Å². The second kappa shape index (κ2) is 8.08. The summed E-state index contributed by atoms with van der Waals surface area (Å²) < 4.78 is 8.66. The second-order valence-corrected chi connectivity index (χ2v) is 10.5. The van der Waals surface area contributed by atoms with Crippen LogP contribution in [0.25, 0.3) is 82.1 Å². The maximum Gasteiger partial charge on any atom is 0.137 e. The van der Waals surface area contributed by atoms with E-state index in [1.807, 2.05) is 12.1 Å². The number of rotatable bonds is 2. The van der Waals surface area contributed by atoms with Crippen LogP contribution in [-0.4, -0.2) is 4.57 Å². The van der Waals surface area contributed by atoms with Gasteiger partial charge in [-0.3, -0.25) is 0 Å². The van der Waals surface area contributed by atoms with Crippen molar-refractivity contribution in [2.75, 3.05) is 0 Å². The number of fused-ring (bicyclic) bond motifs is 8. The lowest BCUT2D eigenvalue weighted by Gasteiger charge is -2.13. The smallest absolute Gasteiger partial charge is 0.137 e. The van der Waals surface area contributed by atoms with Gasteiger partial charge in [0.25, 0.3) is 0 Å². The Labute approximate surface area is 230 Å². The molecule has 0 atom stereocenters. The molecule has 40 heavy (non-hydrogen) atoms. The fourth-order valence-corrected chi connectivity index (χ4v) is 6.65. The summed E-state index contributed by atoms with van der Waals surface area (Å²) in [5.74, 6) is 0. The molecule has 0 fully saturated rings. The molecule has 9 aromatic rings. The summed E-state index contributed by atoms with van der Waals surface area (Å²) in [4.78, 5) is 0. The average Bonchev–Trinajstić information content (AvgIpc) is 3.55. The zero-order valence-corrected chi connectivity index (χ0v) is 21.6. The molecule has 0 saturated heterocycles.